The van der Waals surface area contributed by atoms with Crippen molar-refractivity contribution < 1.29 is 9.72 Å². The normalized spacial score (nSPS) is 16.5. The molecule has 0 bridgehead atoms. The fourth-order valence-corrected chi connectivity index (χ4v) is 3.75. The Hall–Kier alpha value is -2.03. The van der Waals surface area contributed by atoms with Gasteiger partial charge in [0.2, 0.25) is 0 Å². The molecule has 1 aromatic carbocycles. The van der Waals surface area contributed by atoms with Gasteiger partial charge in [0, 0.05) is 42.2 Å². The number of hydrogen-bond acceptors (Lipinski definition) is 6. The molecule has 1 atom stereocenters. The average molecular weight is 383 g/mol. The first-order chi connectivity index (χ1) is 11.6. The fourth-order valence-electron chi connectivity index (χ4n) is 2.96. The van der Waals surface area contributed by atoms with Gasteiger partial charge in [-0.2, -0.15) is 0 Å². The summed E-state index contributed by atoms with van der Waals surface area (Å²) in [4.78, 5) is 29.4. The predicted molar refractivity (Wildman–Crippen MR) is 99.4 cm³/mol. The van der Waals surface area contributed by atoms with Gasteiger partial charge in [-0.05, 0) is 19.9 Å². The van der Waals surface area contributed by atoms with Crippen molar-refractivity contribution in [2.45, 2.75) is 18.9 Å². The number of nitrogens with one attached hydrogen (secondary N) is 1. The number of benzene rings is 1. The highest BCUT2D eigenvalue weighted by Gasteiger charge is 2.30. The van der Waals surface area contributed by atoms with E-state index in [1.807, 2.05) is 11.9 Å². The van der Waals surface area contributed by atoms with Crippen LogP contribution < -0.4 is 5.32 Å². The third kappa shape index (κ3) is 4.15. The molecular weight excluding hydrogens is 364 g/mol. The largest absolute Gasteiger partial charge is 0.333 e. The molecule has 1 unspecified atom stereocenters. The zero-order valence-electron chi connectivity index (χ0n) is 13.7. The molecule has 3 rings (SSSR count). The molecular formula is C16H19ClN4O3S. The molecule has 0 saturated carbocycles. The molecule has 2 heterocycles. The van der Waals surface area contributed by atoms with E-state index in [2.05, 4.69) is 10.3 Å². The Morgan fingerprint density at radius 1 is 1.52 bits per heavy atom. The van der Waals surface area contributed by atoms with E-state index in [-0.39, 0.29) is 30.0 Å². The third-order valence-corrected chi connectivity index (χ3v) is 5.00. The number of likely N-dealkylation sites (N-methyl/N-ethyl adjacent to an activating group) is 1. The summed E-state index contributed by atoms with van der Waals surface area (Å²) < 4.78 is 0. The van der Waals surface area contributed by atoms with Crippen LogP contribution in [0.1, 0.15) is 23.3 Å². The predicted octanol–water partition coefficient (Wildman–Crippen LogP) is 2.96. The summed E-state index contributed by atoms with van der Waals surface area (Å²) in [6.45, 7) is 1.52. The number of thiazole rings is 1. The maximum absolute atomic E-state index is 12.7. The number of nitro benzene ring substituents is 1. The van der Waals surface area contributed by atoms with Crippen molar-refractivity contribution in [1.29, 1.82) is 0 Å². The standard InChI is InChI=1S/C16H18N4O3S.ClH/c1-17-9-13-6-3-7-19(13)16(21)14-10-24-15(18-14)11-4-2-5-12(8-11)20(22)23;/h2,4-5,8,10,13,17H,3,6-7,9H2,1H3;1H. The molecule has 1 aromatic heterocycles. The van der Waals surface area contributed by atoms with E-state index in [0.29, 0.717) is 16.3 Å². The van der Waals surface area contributed by atoms with Crippen molar-refractivity contribution in [3.05, 3.63) is 45.5 Å². The molecule has 1 fully saturated rings. The van der Waals surface area contributed by atoms with Gasteiger partial charge < -0.3 is 10.2 Å². The molecule has 1 N–H and O–H groups in total. The lowest BCUT2D eigenvalue weighted by atomic mass is 10.2. The number of likely N-dealkylation sites (tertiary alicyclic amines) is 1. The Morgan fingerprint density at radius 3 is 3.04 bits per heavy atom. The van der Waals surface area contributed by atoms with E-state index in [0.717, 1.165) is 25.9 Å². The summed E-state index contributed by atoms with van der Waals surface area (Å²) in [7, 11) is 1.88. The summed E-state index contributed by atoms with van der Waals surface area (Å²) in [5.41, 5.74) is 1.08. The SMILES string of the molecule is CNCC1CCCN1C(=O)c1csc(-c2cccc([N+](=O)[O-])c2)n1.Cl. The summed E-state index contributed by atoms with van der Waals surface area (Å²) >= 11 is 1.33. The van der Waals surface area contributed by atoms with Crippen molar-refractivity contribution in [2.75, 3.05) is 20.1 Å². The number of amides is 1. The Balaban J connectivity index is 0.00000225. The van der Waals surface area contributed by atoms with Crippen LogP contribution in [0.2, 0.25) is 0 Å². The number of rotatable bonds is 5. The topological polar surface area (TPSA) is 88.4 Å². The molecule has 134 valence electrons. The minimum absolute atomic E-state index is 0. The lowest BCUT2D eigenvalue weighted by molar-refractivity contribution is -0.384. The highest BCUT2D eigenvalue weighted by molar-refractivity contribution is 7.13. The van der Waals surface area contributed by atoms with E-state index in [1.165, 1.54) is 23.5 Å². The molecule has 2 aromatic rings. The van der Waals surface area contributed by atoms with Crippen LogP contribution in [-0.4, -0.2) is 46.9 Å². The van der Waals surface area contributed by atoms with E-state index in [1.54, 1.807) is 17.5 Å². The Labute approximate surface area is 155 Å². The van der Waals surface area contributed by atoms with Crippen LogP contribution in [0.4, 0.5) is 5.69 Å². The highest BCUT2D eigenvalue weighted by Crippen LogP contribution is 2.28. The summed E-state index contributed by atoms with van der Waals surface area (Å²) in [6, 6.07) is 6.51. The lowest BCUT2D eigenvalue weighted by Crippen LogP contribution is -2.40. The van der Waals surface area contributed by atoms with Gasteiger partial charge in [-0.25, -0.2) is 4.98 Å². The molecule has 7 nitrogen and oxygen atoms in total. The van der Waals surface area contributed by atoms with Crippen molar-refractivity contribution in [1.82, 2.24) is 15.2 Å². The van der Waals surface area contributed by atoms with Crippen LogP contribution in [0, 0.1) is 10.1 Å². The molecule has 0 spiro atoms. The van der Waals surface area contributed by atoms with Crippen LogP contribution in [0.5, 0.6) is 0 Å². The first kappa shape index (κ1) is 19.3. The van der Waals surface area contributed by atoms with E-state index in [4.69, 9.17) is 0 Å². The number of carbonyl (C=O) groups is 1. The lowest BCUT2D eigenvalue weighted by Gasteiger charge is -2.23. The quantitative estimate of drug-likeness (QED) is 0.634. The van der Waals surface area contributed by atoms with Crippen LogP contribution in [0.25, 0.3) is 10.6 Å². The van der Waals surface area contributed by atoms with Gasteiger partial charge in [-0.1, -0.05) is 12.1 Å². The van der Waals surface area contributed by atoms with Gasteiger partial charge in [-0.3, -0.25) is 14.9 Å². The Bertz CT molecular complexity index is 767. The first-order valence-corrected chi connectivity index (χ1v) is 8.64. The summed E-state index contributed by atoms with van der Waals surface area (Å²) in [5.74, 6) is -0.0688. The summed E-state index contributed by atoms with van der Waals surface area (Å²) in [5, 5.41) is 16.4. The van der Waals surface area contributed by atoms with Gasteiger partial charge in [0.25, 0.3) is 11.6 Å². The summed E-state index contributed by atoms with van der Waals surface area (Å²) in [6.07, 6.45) is 1.99. The third-order valence-electron chi connectivity index (χ3n) is 4.10. The van der Waals surface area contributed by atoms with Gasteiger partial charge in [0.05, 0.1) is 4.92 Å². The number of carbonyl (C=O) groups excluding carboxylic acids is 1. The van der Waals surface area contributed by atoms with Crippen molar-refractivity contribution in [2.24, 2.45) is 0 Å². The zero-order valence-corrected chi connectivity index (χ0v) is 15.3. The Kier molecular flexibility index (Phi) is 6.46. The molecule has 0 aliphatic carbocycles. The number of non-ortho nitro benzene ring substituents is 1. The number of halogens is 1. The smallest absolute Gasteiger partial charge is 0.273 e. The van der Waals surface area contributed by atoms with Gasteiger partial charge in [0.1, 0.15) is 10.7 Å². The first-order valence-electron chi connectivity index (χ1n) is 7.76. The molecule has 1 amide bonds. The monoisotopic (exact) mass is 382 g/mol. The fraction of sp³-hybridized carbons (Fsp3) is 0.375. The Morgan fingerprint density at radius 2 is 2.32 bits per heavy atom. The zero-order chi connectivity index (χ0) is 17.1. The number of hydrogen-bond donors (Lipinski definition) is 1. The van der Waals surface area contributed by atoms with Crippen LogP contribution >= 0.6 is 23.7 Å². The molecule has 1 aliphatic heterocycles. The molecule has 9 heteroatoms. The maximum atomic E-state index is 12.7. The van der Waals surface area contributed by atoms with Crippen molar-refractivity contribution in [3.63, 3.8) is 0 Å². The van der Waals surface area contributed by atoms with Gasteiger partial charge >= 0.3 is 0 Å². The van der Waals surface area contributed by atoms with Gasteiger partial charge in [-0.15, -0.1) is 23.7 Å². The molecule has 25 heavy (non-hydrogen) atoms. The van der Waals surface area contributed by atoms with Crippen LogP contribution in [0.15, 0.2) is 29.6 Å². The number of nitrogens with zero attached hydrogens (tertiary/aromatic N) is 3. The van der Waals surface area contributed by atoms with Gasteiger partial charge in [0.15, 0.2) is 0 Å². The number of nitro groups is 1. The maximum Gasteiger partial charge on any atom is 0.273 e. The van der Waals surface area contributed by atoms with E-state index in [9.17, 15) is 14.9 Å². The minimum atomic E-state index is -0.435. The second-order valence-corrected chi connectivity index (χ2v) is 6.56. The minimum Gasteiger partial charge on any atom is -0.333 e. The van der Waals surface area contributed by atoms with E-state index < -0.39 is 4.92 Å². The molecule has 0 radical (unpaired) electrons. The number of aromatic nitrogens is 1. The van der Waals surface area contributed by atoms with Crippen molar-refractivity contribution >= 4 is 35.3 Å². The van der Waals surface area contributed by atoms with Crippen LogP contribution in [0.3, 0.4) is 0 Å². The highest BCUT2D eigenvalue weighted by atomic mass is 35.5. The molecule has 1 aliphatic rings. The molecule has 1 saturated heterocycles. The van der Waals surface area contributed by atoms with E-state index >= 15 is 0 Å². The van der Waals surface area contributed by atoms with Crippen LogP contribution in [-0.2, 0) is 0 Å². The second-order valence-electron chi connectivity index (χ2n) is 5.70. The van der Waals surface area contributed by atoms with Crippen molar-refractivity contribution in [3.8, 4) is 10.6 Å². The average Bonchev–Trinajstić information content (AvgIpc) is 3.24. The second kappa shape index (κ2) is 8.37.